The van der Waals surface area contributed by atoms with Gasteiger partial charge in [0.15, 0.2) is 0 Å². The smallest absolute Gasteiger partial charge is 0.444 e. The minimum absolute atomic E-state index is 0.00495. The maximum absolute atomic E-state index is 13.2. The number of hydrogen-bond acceptors (Lipinski definition) is 5. The number of ether oxygens (including phenoxy) is 1. The Bertz CT molecular complexity index is 1300. The first kappa shape index (κ1) is 36.1. The third-order valence-electron chi connectivity index (χ3n) is 13.1. The van der Waals surface area contributed by atoms with Crippen molar-refractivity contribution in [2.75, 3.05) is 0 Å². The summed E-state index contributed by atoms with van der Waals surface area (Å²) in [5, 5.41) is 3.37. The zero-order valence-electron chi connectivity index (χ0n) is 28.8. The van der Waals surface area contributed by atoms with Crippen molar-refractivity contribution in [2.45, 2.75) is 143 Å². The van der Waals surface area contributed by atoms with Gasteiger partial charge in [0.2, 0.25) is 0 Å². The lowest BCUT2D eigenvalue weighted by Gasteiger charge is -2.72. The molecule has 5 aliphatic rings. The number of carbonyl (C=O) groups is 1. The predicted molar refractivity (Wildman–Crippen MR) is 170 cm³/mol. The molecule has 258 valence electrons. The van der Waals surface area contributed by atoms with Crippen molar-refractivity contribution < 1.29 is 35.3 Å². The molecule has 0 bridgehead atoms. The van der Waals surface area contributed by atoms with Crippen LogP contribution in [-0.2, 0) is 19.0 Å². The largest absolute Gasteiger partial charge is 0.534 e. The van der Waals surface area contributed by atoms with E-state index in [1.54, 1.807) is 12.2 Å². The van der Waals surface area contributed by atoms with Crippen LogP contribution in [0.4, 0.5) is 18.0 Å². The molecule has 45 heavy (non-hydrogen) atoms. The molecule has 8 atom stereocenters. The second kappa shape index (κ2) is 11.5. The van der Waals surface area contributed by atoms with Crippen molar-refractivity contribution in [2.24, 2.45) is 45.3 Å². The number of hydrogen-bond donors (Lipinski definition) is 1. The fourth-order valence-corrected chi connectivity index (χ4v) is 11.8. The van der Waals surface area contributed by atoms with E-state index in [2.05, 4.69) is 32.7 Å². The maximum Gasteiger partial charge on any atom is 0.534 e. The minimum atomic E-state index is -5.73. The van der Waals surface area contributed by atoms with Gasteiger partial charge in [0, 0.05) is 11.0 Å². The number of allylic oxidation sites excluding steroid dienone is 3. The van der Waals surface area contributed by atoms with Crippen LogP contribution < -0.4 is 5.32 Å². The van der Waals surface area contributed by atoms with Crippen molar-refractivity contribution in [3.63, 3.8) is 0 Å². The maximum atomic E-state index is 13.2. The lowest BCUT2D eigenvalue weighted by Crippen LogP contribution is -2.68. The quantitative estimate of drug-likeness (QED) is 0.185. The molecule has 4 fully saturated rings. The normalized spacial score (nSPS) is 40.6. The minimum Gasteiger partial charge on any atom is -0.444 e. The van der Waals surface area contributed by atoms with Crippen molar-refractivity contribution in [1.82, 2.24) is 5.32 Å². The van der Waals surface area contributed by atoms with E-state index in [-0.39, 0.29) is 39.6 Å². The summed E-state index contributed by atoms with van der Waals surface area (Å²) < 4.78 is 74.0. The van der Waals surface area contributed by atoms with Crippen LogP contribution >= 0.6 is 0 Å². The van der Waals surface area contributed by atoms with Gasteiger partial charge in [-0.15, -0.1) is 6.58 Å². The molecule has 10 heteroatoms. The van der Waals surface area contributed by atoms with Gasteiger partial charge in [-0.3, -0.25) is 0 Å². The molecule has 0 aromatic carbocycles. The average molecular weight is 660 g/mol. The number of amides is 1. The van der Waals surface area contributed by atoms with E-state index in [1.165, 1.54) is 0 Å². The molecule has 0 heterocycles. The fourth-order valence-electron chi connectivity index (χ4n) is 11.2. The van der Waals surface area contributed by atoms with Gasteiger partial charge in [0.05, 0.1) is 0 Å². The molecule has 0 aliphatic heterocycles. The van der Waals surface area contributed by atoms with Gasteiger partial charge in [0.25, 0.3) is 0 Å². The zero-order chi connectivity index (χ0) is 34.1. The number of rotatable bonds is 3. The van der Waals surface area contributed by atoms with Gasteiger partial charge in [-0.2, -0.15) is 21.6 Å². The fraction of sp³-hybridized carbons (Fsp3) is 0.857. The topological polar surface area (TPSA) is 81.7 Å². The molecule has 5 rings (SSSR count). The first-order chi connectivity index (χ1) is 20.4. The summed E-state index contributed by atoms with van der Waals surface area (Å²) in [5.74, 6) is 1.12. The molecule has 0 aromatic rings. The highest BCUT2D eigenvalue weighted by Crippen LogP contribution is 2.75. The SMILES string of the molecule is C=CC.CC(C)(C)OC(=O)NC12CCC[C@@H]1C1CCC3C4(C)CC=C(OS(=O)(=O)C(F)(F)F)C(C)(C)C4CCC3(C)[C@]1(C)CC2. The molecule has 6 nitrogen and oxygen atoms in total. The third kappa shape index (κ3) is 5.85. The Morgan fingerprint density at radius 3 is 2.13 bits per heavy atom. The number of fused-ring (bicyclic) bond motifs is 7. The third-order valence-corrected chi connectivity index (χ3v) is 14.1. The zero-order valence-corrected chi connectivity index (χ0v) is 29.6. The summed E-state index contributed by atoms with van der Waals surface area (Å²) in [6, 6.07) is 0. The Labute approximate surface area is 269 Å². The molecule has 1 amide bonds. The van der Waals surface area contributed by atoms with Gasteiger partial charge in [0.1, 0.15) is 11.4 Å². The van der Waals surface area contributed by atoms with Crippen LogP contribution in [0.3, 0.4) is 0 Å². The number of halogens is 3. The average Bonchev–Trinajstić information content (AvgIpc) is 3.28. The van der Waals surface area contributed by atoms with E-state index in [1.807, 2.05) is 41.5 Å². The van der Waals surface area contributed by atoms with Gasteiger partial charge >= 0.3 is 21.7 Å². The van der Waals surface area contributed by atoms with Crippen molar-refractivity contribution in [1.29, 1.82) is 0 Å². The molecular weight excluding hydrogens is 603 g/mol. The summed E-state index contributed by atoms with van der Waals surface area (Å²) in [7, 11) is -5.73. The van der Waals surface area contributed by atoms with Crippen LogP contribution in [-0.4, -0.2) is 31.2 Å². The Morgan fingerprint density at radius 1 is 0.933 bits per heavy atom. The lowest BCUT2D eigenvalue weighted by atomic mass is 9.33. The first-order valence-corrected chi connectivity index (χ1v) is 18.1. The van der Waals surface area contributed by atoms with Crippen molar-refractivity contribution in [3.8, 4) is 0 Å². The molecule has 0 spiro atoms. The predicted octanol–water partition coefficient (Wildman–Crippen LogP) is 9.67. The highest BCUT2D eigenvalue weighted by Gasteiger charge is 2.70. The van der Waals surface area contributed by atoms with E-state index >= 15 is 0 Å². The summed E-state index contributed by atoms with van der Waals surface area (Å²) in [4.78, 5) is 13.0. The molecular formula is C35H56F3NO5S. The standard InChI is InChI=1S/C32H50F3NO5S.C3H6/c1-26(2,3)40-25(37)36-31-15-9-10-21(31)20-11-12-23-28(6)16-14-24(41-42(38,39)32(33,34)35)27(4,5)22(28)13-17-30(23,8)29(20,7)18-19-31;1-3-2/h14,20-23H,9-13,15-19H2,1-8H3,(H,36,37);3H,1H2,2H3/t20?,21-,22?,23?,28?,29-,30?,31?;/m1./s1. The first-order valence-electron chi connectivity index (χ1n) is 16.7. The molecule has 1 N–H and O–H groups in total. The molecule has 0 saturated heterocycles. The highest BCUT2D eigenvalue weighted by molar-refractivity contribution is 7.87. The summed E-state index contributed by atoms with van der Waals surface area (Å²) in [5.41, 5.74) is -7.22. The molecule has 5 aliphatic carbocycles. The highest BCUT2D eigenvalue weighted by atomic mass is 32.2. The van der Waals surface area contributed by atoms with Crippen LogP contribution in [0.1, 0.15) is 127 Å². The number of nitrogens with one attached hydrogen (secondary N) is 1. The Balaban J connectivity index is 0.00000148. The van der Waals surface area contributed by atoms with Crippen LogP contribution in [0.5, 0.6) is 0 Å². The second-order valence-corrected chi connectivity index (χ2v) is 18.4. The van der Waals surface area contributed by atoms with E-state index in [0.717, 1.165) is 57.8 Å². The second-order valence-electron chi connectivity index (χ2n) is 16.8. The van der Waals surface area contributed by atoms with Crippen LogP contribution in [0, 0.1) is 45.3 Å². The van der Waals surface area contributed by atoms with Gasteiger partial charge in [-0.05, 0) is 131 Å². The van der Waals surface area contributed by atoms with Gasteiger partial charge < -0.3 is 14.2 Å². The van der Waals surface area contributed by atoms with Crippen molar-refractivity contribution in [3.05, 3.63) is 24.5 Å². The Hall–Kier alpha value is -1.71. The van der Waals surface area contributed by atoms with E-state index < -0.39 is 26.6 Å². The molecule has 0 radical (unpaired) electrons. The summed E-state index contributed by atoms with van der Waals surface area (Å²) in [6.45, 7) is 21.8. The van der Waals surface area contributed by atoms with Gasteiger partial charge in [-0.1, -0.05) is 47.1 Å². The van der Waals surface area contributed by atoms with E-state index in [9.17, 15) is 26.4 Å². The number of alkyl halides is 3. The van der Waals surface area contributed by atoms with E-state index in [4.69, 9.17) is 8.92 Å². The molecule has 6 unspecified atom stereocenters. The summed E-state index contributed by atoms with van der Waals surface area (Å²) in [6.07, 6.45) is 12.5. The van der Waals surface area contributed by atoms with Crippen LogP contribution in [0.2, 0.25) is 0 Å². The van der Waals surface area contributed by atoms with Crippen LogP contribution in [0.25, 0.3) is 0 Å². The summed E-state index contributed by atoms with van der Waals surface area (Å²) >= 11 is 0. The molecule has 4 saturated carbocycles. The molecule has 0 aromatic heterocycles. The van der Waals surface area contributed by atoms with E-state index in [0.29, 0.717) is 24.2 Å². The lowest BCUT2D eigenvalue weighted by molar-refractivity contribution is -0.220. The number of carbonyl (C=O) groups excluding carboxylic acids is 1. The van der Waals surface area contributed by atoms with Gasteiger partial charge in [-0.25, -0.2) is 4.79 Å². The van der Waals surface area contributed by atoms with Crippen molar-refractivity contribution >= 4 is 16.2 Å². The Kier molecular flexibility index (Phi) is 9.21. The Morgan fingerprint density at radius 2 is 1.56 bits per heavy atom. The van der Waals surface area contributed by atoms with Crippen LogP contribution in [0.15, 0.2) is 24.5 Å². The number of alkyl carbamates (subject to hydrolysis) is 1. The monoisotopic (exact) mass is 659 g/mol.